The Morgan fingerprint density at radius 1 is 1.12 bits per heavy atom. The van der Waals surface area contributed by atoms with Crippen LogP contribution in [0.25, 0.3) is 10.4 Å². The van der Waals surface area contributed by atoms with Gasteiger partial charge in [0.15, 0.2) is 5.13 Å². The van der Waals surface area contributed by atoms with Crippen LogP contribution in [-0.2, 0) is 21.4 Å². The Bertz CT molecular complexity index is 1740. The molecule has 7 rings (SSSR count). The second-order valence-electron chi connectivity index (χ2n) is 11.9. The first-order valence-electron chi connectivity index (χ1n) is 14.8. The van der Waals surface area contributed by atoms with Crippen LogP contribution in [0.4, 0.5) is 16.8 Å². The number of carbonyl (C=O) groups excluding carboxylic acids is 2. The molecule has 2 aromatic heterocycles. The number of hydrogen-bond donors (Lipinski definition) is 2. The molecule has 11 nitrogen and oxygen atoms in total. The maximum atomic E-state index is 14.0. The van der Waals surface area contributed by atoms with Crippen molar-refractivity contribution in [1.82, 2.24) is 19.2 Å². The van der Waals surface area contributed by atoms with Crippen molar-refractivity contribution in [2.45, 2.75) is 69.5 Å². The van der Waals surface area contributed by atoms with E-state index in [1.54, 1.807) is 15.9 Å². The number of rotatable bonds is 8. The molecule has 4 aliphatic rings. The molecule has 2 atom stereocenters. The van der Waals surface area contributed by atoms with Crippen molar-refractivity contribution >= 4 is 49.9 Å². The highest BCUT2D eigenvalue weighted by Gasteiger charge is 2.43. The minimum absolute atomic E-state index is 0.00319. The lowest BCUT2D eigenvalue weighted by Gasteiger charge is -2.24. The highest BCUT2D eigenvalue weighted by molar-refractivity contribution is 7.89. The molecule has 226 valence electrons. The molecule has 1 aliphatic carbocycles. The second-order valence-corrected chi connectivity index (χ2v) is 14.8. The first kappa shape index (κ1) is 28.4. The second kappa shape index (κ2) is 10.7. The molecule has 0 bridgehead atoms. The summed E-state index contributed by atoms with van der Waals surface area (Å²) < 4.78 is 29.2. The molecule has 5 heterocycles. The fourth-order valence-corrected chi connectivity index (χ4v) is 9.07. The number of β-amino-alcohol motifs (C(OH)–C–C–N with tert-alkyl or cyclic N) is 1. The number of anilines is 3. The zero-order chi connectivity index (χ0) is 30.0. The van der Waals surface area contributed by atoms with Crippen LogP contribution in [0.2, 0.25) is 0 Å². The zero-order valence-electron chi connectivity index (χ0n) is 24.1. The van der Waals surface area contributed by atoms with Gasteiger partial charge in [-0.3, -0.25) is 14.5 Å². The van der Waals surface area contributed by atoms with Crippen LogP contribution < -0.4 is 10.2 Å². The predicted octanol–water partition coefficient (Wildman–Crippen LogP) is 3.89. The fourth-order valence-electron chi connectivity index (χ4n) is 6.37. The Hall–Kier alpha value is -3.39. The molecular weight excluding hydrogens is 589 g/mol. The van der Waals surface area contributed by atoms with E-state index >= 15 is 0 Å². The van der Waals surface area contributed by atoms with Crippen molar-refractivity contribution in [2.75, 3.05) is 29.9 Å². The van der Waals surface area contributed by atoms with Crippen LogP contribution in [0, 0.1) is 12.8 Å². The van der Waals surface area contributed by atoms with Crippen molar-refractivity contribution in [3.8, 4) is 10.4 Å². The monoisotopic (exact) mass is 622 g/mol. The molecular formula is C30H34N6O5S2. The van der Waals surface area contributed by atoms with Gasteiger partial charge in [-0.1, -0.05) is 17.4 Å². The Labute approximate surface area is 254 Å². The quantitative estimate of drug-likeness (QED) is 0.386. The molecule has 2 N–H and O–H groups in total. The smallest absolute Gasteiger partial charge is 0.256 e. The number of amides is 2. The average molecular weight is 623 g/mol. The number of fused-ring (bicyclic) bond motifs is 1. The number of carbonyl (C=O) groups is 2. The molecule has 0 spiro atoms. The Kier molecular flexibility index (Phi) is 7.03. The van der Waals surface area contributed by atoms with Crippen molar-refractivity contribution in [1.29, 1.82) is 0 Å². The van der Waals surface area contributed by atoms with Crippen LogP contribution in [0.15, 0.2) is 35.2 Å². The van der Waals surface area contributed by atoms with Gasteiger partial charge in [0.2, 0.25) is 15.9 Å². The summed E-state index contributed by atoms with van der Waals surface area (Å²) in [5.74, 6) is 1.41. The lowest BCUT2D eigenvalue weighted by atomic mass is 10.0. The molecule has 1 unspecified atom stereocenters. The van der Waals surface area contributed by atoms with Gasteiger partial charge in [0, 0.05) is 38.6 Å². The van der Waals surface area contributed by atoms with E-state index in [1.807, 2.05) is 38.1 Å². The lowest BCUT2D eigenvalue weighted by Crippen LogP contribution is -2.35. The number of aliphatic hydroxyl groups is 1. The van der Waals surface area contributed by atoms with Gasteiger partial charge < -0.3 is 15.3 Å². The minimum Gasteiger partial charge on any atom is -0.392 e. The third-order valence-corrected chi connectivity index (χ3v) is 11.9. The third-order valence-electron chi connectivity index (χ3n) is 8.92. The van der Waals surface area contributed by atoms with E-state index in [0.717, 1.165) is 24.1 Å². The number of hydrogen-bond acceptors (Lipinski definition) is 9. The summed E-state index contributed by atoms with van der Waals surface area (Å²) in [6.45, 7) is 5.15. The first-order chi connectivity index (χ1) is 20.6. The molecule has 3 fully saturated rings. The van der Waals surface area contributed by atoms with Crippen molar-refractivity contribution in [3.63, 3.8) is 0 Å². The number of nitrogens with one attached hydrogen (secondary N) is 1. The molecule has 2 amide bonds. The van der Waals surface area contributed by atoms with E-state index in [0.29, 0.717) is 65.4 Å². The average Bonchev–Trinajstić information content (AvgIpc) is 3.22. The summed E-state index contributed by atoms with van der Waals surface area (Å²) >= 11 is 1.38. The van der Waals surface area contributed by atoms with Gasteiger partial charge in [-0.2, -0.15) is 4.31 Å². The molecule has 3 aromatic rings. The van der Waals surface area contributed by atoms with Crippen LogP contribution >= 0.6 is 11.3 Å². The third kappa shape index (κ3) is 5.11. The number of pyridine rings is 1. The minimum atomic E-state index is -4.03. The summed E-state index contributed by atoms with van der Waals surface area (Å²) in [4.78, 5) is 39.5. The highest BCUT2D eigenvalue weighted by atomic mass is 32.2. The largest absolute Gasteiger partial charge is 0.392 e. The molecule has 0 radical (unpaired) electrons. The topological polar surface area (TPSA) is 136 Å². The molecule has 1 saturated carbocycles. The Balaban J connectivity index is 1.25. The van der Waals surface area contributed by atoms with E-state index in [1.165, 1.54) is 15.6 Å². The number of aliphatic hydroxyl groups excluding tert-OH is 1. The number of sulfonamides is 1. The number of thiazole rings is 1. The summed E-state index contributed by atoms with van der Waals surface area (Å²) in [5.41, 5.74) is 2.33. The molecule has 2 saturated heterocycles. The number of aryl methyl sites for hydroxylation is 1. The van der Waals surface area contributed by atoms with Gasteiger partial charge >= 0.3 is 0 Å². The van der Waals surface area contributed by atoms with Gasteiger partial charge in [-0.05, 0) is 80.8 Å². The zero-order valence-corrected chi connectivity index (χ0v) is 25.7. The van der Waals surface area contributed by atoms with E-state index in [-0.39, 0.29) is 41.4 Å². The lowest BCUT2D eigenvalue weighted by molar-refractivity contribution is -0.117. The summed E-state index contributed by atoms with van der Waals surface area (Å²) in [5, 5.41) is 13.9. The maximum Gasteiger partial charge on any atom is 0.256 e. The van der Waals surface area contributed by atoms with E-state index < -0.39 is 16.1 Å². The molecule has 13 heteroatoms. The normalized spacial score (nSPS) is 21.6. The Morgan fingerprint density at radius 2 is 1.93 bits per heavy atom. The molecule has 1 aromatic carbocycles. The van der Waals surface area contributed by atoms with Gasteiger partial charge in [-0.25, -0.2) is 18.4 Å². The van der Waals surface area contributed by atoms with Gasteiger partial charge in [0.1, 0.15) is 11.6 Å². The van der Waals surface area contributed by atoms with E-state index in [4.69, 9.17) is 4.98 Å². The number of aromatic nitrogens is 2. The summed E-state index contributed by atoms with van der Waals surface area (Å²) in [6, 6.07) is 9.03. The van der Waals surface area contributed by atoms with E-state index in [2.05, 4.69) is 10.3 Å². The highest BCUT2D eigenvalue weighted by Crippen LogP contribution is 2.43. The van der Waals surface area contributed by atoms with Crippen LogP contribution in [0.1, 0.15) is 60.6 Å². The van der Waals surface area contributed by atoms with Crippen LogP contribution in [0.5, 0.6) is 0 Å². The predicted molar refractivity (Wildman–Crippen MR) is 163 cm³/mol. The maximum absolute atomic E-state index is 14.0. The van der Waals surface area contributed by atoms with Crippen molar-refractivity contribution < 1.29 is 23.1 Å². The van der Waals surface area contributed by atoms with Crippen molar-refractivity contribution in [2.24, 2.45) is 5.92 Å². The molecule has 3 aliphatic heterocycles. The van der Waals surface area contributed by atoms with Gasteiger partial charge in [0.25, 0.3) is 5.91 Å². The fraction of sp³-hybridized carbons (Fsp3) is 0.467. The van der Waals surface area contributed by atoms with E-state index in [9.17, 15) is 23.1 Å². The summed E-state index contributed by atoms with van der Waals surface area (Å²) in [6.07, 6.45) is 3.13. The molecule has 43 heavy (non-hydrogen) atoms. The summed E-state index contributed by atoms with van der Waals surface area (Å²) in [7, 11) is -4.03. The van der Waals surface area contributed by atoms with Crippen molar-refractivity contribution in [3.05, 3.63) is 47.2 Å². The van der Waals surface area contributed by atoms with Gasteiger partial charge in [0.05, 0.1) is 27.1 Å². The first-order valence-corrected chi connectivity index (χ1v) is 17.0. The number of nitrogens with zero attached hydrogens (tertiary/aromatic N) is 5. The SMILES string of the molecule is Cc1nc(Nc2cccc(N3CCCC3=O)n2)sc1-c1cc2c(c(S(=O)(=O)N3CCC(O)C3)c1)C(=O)N([C@@H](C)C1CC1)C2. The van der Waals surface area contributed by atoms with Gasteiger partial charge in [-0.15, -0.1) is 0 Å². The van der Waals surface area contributed by atoms with Crippen LogP contribution in [-0.4, -0.2) is 76.3 Å². The Morgan fingerprint density at radius 3 is 2.63 bits per heavy atom. The number of benzene rings is 1. The van der Waals surface area contributed by atoms with Crippen LogP contribution in [0.3, 0.4) is 0 Å². The standard InChI is InChI=1S/C30H34N6O5S2/c1-17-28(42-30(31-17)33-24-5-3-6-25(32-24)35-11-4-7-26(35)38)20-13-21-15-36(18(2)19-8-9-19)29(39)27(21)23(14-20)43(40,41)34-12-10-22(37)16-34/h3,5-6,13-14,18-19,22,37H,4,7-12,15-16H2,1-2H3,(H,31,32,33)/t18-,22?/m0/s1.